The van der Waals surface area contributed by atoms with E-state index in [4.69, 9.17) is 29.3 Å². The summed E-state index contributed by atoms with van der Waals surface area (Å²) in [6, 6.07) is 26.9. The molecule has 3 unspecified atom stereocenters. The monoisotopic (exact) mass is 789 g/mol. The summed E-state index contributed by atoms with van der Waals surface area (Å²) in [4.78, 5) is 0. The largest absolute Gasteiger partial charge is 0.750 e. The van der Waals surface area contributed by atoms with Crippen LogP contribution < -0.4 is 13.6 Å². The molecule has 3 atom stereocenters. The molecule has 0 saturated heterocycles. The topological polar surface area (TPSA) is 138 Å². The normalized spacial score (nSPS) is 35.2. The zero-order valence-electron chi connectivity index (χ0n) is 28.8. The van der Waals surface area contributed by atoms with Gasteiger partial charge in [-0.2, -0.15) is 0 Å². The van der Waals surface area contributed by atoms with Gasteiger partial charge in [0.25, 0.3) is 11.2 Å². The number of benzene rings is 3. The Hall–Kier alpha value is -2.51. The SMILES string of the molecule is O=[P+](Cl)Oc1ccccc1.O=[P+](Oc1ccccc1)OC12CC3CC(C1)CC(O[P+](=O)Oc1ccccc1)(C3)C2.OC12CC3CC(C1)CC(O)(C3)C2. The van der Waals surface area contributed by atoms with Crippen LogP contribution in [0.15, 0.2) is 91.0 Å². The minimum atomic E-state index is -2.31. The highest BCUT2D eigenvalue weighted by molar-refractivity contribution is 7.70. The van der Waals surface area contributed by atoms with Crippen LogP contribution in [0.25, 0.3) is 0 Å². The first-order valence-electron chi connectivity index (χ1n) is 18.0. The van der Waals surface area contributed by atoms with Gasteiger partial charge in [0.1, 0.15) is 11.2 Å². The molecule has 0 amide bonds. The van der Waals surface area contributed by atoms with Gasteiger partial charge >= 0.3 is 23.9 Å². The van der Waals surface area contributed by atoms with Crippen molar-refractivity contribution in [3.05, 3.63) is 91.0 Å². The molecule has 0 aliphatic heterocycles. The molecule has 3 aromatic rings. The summed E-state index contributed by atoms with van der Waals surface area (Å²) in [6.45, 7) is 0. The number of hydrogen-bond acceptors (Lipinski definition) is 10. The maximum Gasteiger partial charge on any atom is 0.750 e. The molecule has 2 N–H and O–H groups in total. The van der Waals surface area contributed by atoms with Crippen LogP contribution in [-0.2, 0) is 22.7 Å². The lowest BCUT2D eigenvalue weighted by molar-refractivity contribution is -0.198. The zero-order valence-corrected chi connectivity index (χ0v) is 32.3. The fraction of sp³-hybridized carbons (Fsp3) is 0.526. The third kappa shape index (κ3) is 9.58. The van der Waals surface area contributed by atoms with E-state index >= 15 is 0 Å². The first kappa shape index (κ1) is 37.8. The Morgan fingerprint density at radius 3 is 1.15 bits per heavy atom. The molecule has 11 rings (SSSR count). The second-order valence-electron chi connectivity index (χ2n) is 15.8. The number of hydrogen-bond donors (Lipinski definition) is 2. The Morgan fingerprint density at radius 2 is 0.827 bits per heavy atom. The minimum Gasteiger partial charge on any atom is -0.390 e. The molecular formula is C38H45ClO10P3+3. The van der Waals surface area contributed by atoms with Gasteiger partial charge < -0.3 is 10.2 Å². The smallest absolute Gasteiger partial charge is 0.390 e. The fourth-order valence-corrected chi connectivity index (χ4v) is 12.8. The van der Waals surface area contributed by atoms with Crippen molar-refractivity contribution in [1.82, 2.24) is 0 Å². The Kier molecular flexibility index (Phi) is 11.4. The summed E-state index contributed by atoms with van der Waals surface area (Å²) in [5, 5.41) is 20.2. The van der Waals surface area contributed by atoms with Crippen LogP contribution in [0, 0.1) is 23.7 Å². The predicted molar refractivity (Wildman–Crippen MR) is 197 cm³/mol. The zero-order chi connectivity index (χ0) is 36.4. The van der Waals surface area contributed by atoms with Gasteiger partial charge in [0.05, 0.1) is 11.2 Å². The van der Waals surface area contributed by atoms with Gasteiger partial charge in [-0.15, -0.1) is 9.05 Å². The second-order valence-corrected chi connectivity index (χ2v) is 18.9. The number of aliphatic hydroxyl groups is 2. The van der Waals surface area contributed by atoms with Crippen molar-refractivity contribution in [1.29, 1.82) is 0 Å². The molecule has 3 aromatic carbocycles. The minimum absolute atomic E-state index is 0.409. The molecule has 14 heteroatoms. The molecule has 8 aliphatic carbocycles. The lowest BCUT2D eigenvalue weighted by Crippen LogP contribution is -2.59. The molecule has 0 spiro atoms. The fourth-order valence-electron chi connectivity index (χ4n) is 10.5. The van der Waals surface area contributed by atoms with Crippen molar-refractivity contribution in [3.63, 3.8) is 0 Å². The molecule has 8 saturated carbocycles. The average Bonchev–Trinajstić information content (AvgIpc) is 3.03. The van der Waals surface area contributed by atoms with E-state index in [1.165, 1.54) is 6.42 Å². The van der Waals surface area contributed by atoms with Crippen LogP contribution in [0.2, 0.25) is 0 Å². The number of para-hydroxylation sites is 3. The predicted octanol–water partition coefficient (Wildman–Crippen LogP) is 10.6. The molecule has 0 aromatic heterocycles. The number of rotatable bonds is 10. The standard InChI is InChI=1S/C22H24O6P2.C10H16O2.C6H5ClO2P/c23-29(25-19-7-3-1-4-8-19)27-21-12-17-11-18(13-21)15-22(14-17,16-21)28-30(24)26-20-9-5-2-6-10-20;11-9-2-7-1-8(4-9)5-10(12,3-7)6-9;7-10(8)9-6-4-2-1-3-5-6/h1-10,17-18H,11-16H2;7-8,11-12H,1-6H2;1-5H/q+2;;+1. The summed E-state index contributed by atoms with van der Waals surface area (Å²) < 4.78 is 63.4. The second kappa shape index (κ2) is 15.7. The van der Waals surface area contributed by atoms with Crippen molar-refractivity contribution < 1.29 is 46.5 Å². The van der Waals surface area contributed by atoms with Crippen LogP contribution in [0.5, 0.6) is 17.2 Å². The van der Waals surface area contributed by atoms with Crippen LogP contribution in [0.1, 0.15) is 77.0 Å². The van der Waals surface area contributed by atoms with Gasteiger partial charge in [-0.05, 0) is 124 Å². The molecule has 8 fully saturated rings. The Balaban J connectivity index is 0.000000155. The van der Waals surface area contributed by atoms with E-state index in [9.17, 15) is 23.9 Å². The van der Waals surface area contributed by atoms with Crippen molar-refractivity contribution in [2.45, 2.75) is 99.5 Å². The maximum atomic E-state index is 12.6. The first-order chi connectivity index (χ1) is 24.9. The van der Waals surface area contributed by atoms with Crippen LogP contribution >= 0.6 is 35.1 Å². The highest BCUT2D eigenvalue weighted by Crippen LogP contribution is 2.63. The third-order valence-electron chi connectivity index (χ3n) is 11.3. The Labute approximate surface area is 312 Å². The van der Waals surface area contributed by atoms with Gasteiger partial charge in [0, 0.05) is 26.5 Å². The summed E-state index contributed by atoms with van der Waals surface area (Å²) in [7, 11) is -6.67. The van der Waals surface area contributed by atoms with Crippen molar-refractivity contribution in [2.24, 2.45) is 23.7 Å². The molecule has 0 radical (unpaired) electrons. The van der Waals surface area contributed by atoms with Crippen molar-refractivity contribution in [3.8, 4) is 17.2 Å². The lowest BCUT2D eigenvalue weighted by Gasteiger charge is -2.58. The summed E-state index contributed by atoms with van der Waals surface area (Å²) in [5.41, 5.74) is -2.10. The molecule has 0 heterocycles. The van der Waals surface area contributed by atoms with E-state index in [0.717, 1.165) is 57.8 Å². The van der Waals surface area contributed by atoms with E-state index in [2.05, 4.69) is 4.52 Å². The van der Waals surface area contributed by atoms with E-state index in [1.54, 1.807) is 48.5 Å². The first-order valence-corrected chi connectivity index (χ1v) is 22.2. The molecular weight excluding hydrogens is 745 g/mol. The maximum absolute atomic E-state index is 12.6. The van der Waals surface area contributed by atoms with Crippen LogP contribution in [0.3, 0.4) is 0 Å². The van der Waals surface area contributed by atoms with Crippen LogP contribution in [0.4, 0.5) is 0 Å². The Morgan fingerprint density at radius 1 is 0.500 bits per heavy atom. The molecule has 8 aliphatic rings. The van der Waals surface area contributed by atoms with E-state index in [-0.39, 0.29) is 0 Å². The van der Waals surface area contributed by atoms with Crippen molar-refractivity contribution in [2.75, 3.05) is 0 Å². The van der Waals surface area contributed by atoms with Gasteiger partial charge in [-0.25, -0.2) is 13.6 Å². The highest BCUT2D eigenvalue weighted by Gasteiger charge is 2.65. The Bertz CT molecular complexity index is 1610. The number of halogens is 1. The van der Waals surface area contributed by atoms with Gasteiger partial charge in [0.2, 0.25) is 0 Å². The summed E-state index contributed by atoms with van der Waals surface area (Å²) in [5.74, 6) is 3.61. The lowest BCUT2D eigenvalue weighted by atomic mass is 9.52. The van der Waals surface area contributed by atoms with Crippen molar-refractivity contribution >= 4 is 35.1 Å². The molecule has 276 valence electrons. The molecule has 8 bridgehead atoms. The van der Waals surface area contributed by atoms with E-state index in [1.807, 2.05) is 42.5 Å². The van der Waals surface area contributed by atoms with Gasteiger partial charge in [-0.3, -0.25) is 0 Å². The van der Waals surface area contributed by atoms with Gasteiger partial charge in [-0.1, -0.05) is 54.6 Å². The average molecular weight is 790 g/mol. The van der Waals surface area contributed by atoms with Crippen LogP contribution in [-0.4, -0.2) is 32.6 Å². The molecule has 52 heavy (non-hydrogen) atoms. The summed E-state index contributed by atoms with van der Waals surface area (Å²) in [6.07, 6.45) is 10.7. The van der Waals surface area contributed by atoms with Gasteiger partial charge in [0.15, 0.2) is 17.2 Å². The highest BCUT2D eigenvalue weighted by atomic mass is 35.7. The van der Waals surface area contributed by atoms with E-state index < -0.39 is 46.3 Å². The quantitative estimate of drug-likeness (QED) is 0.191. The summed E-state index contributed by atoms with van der Waals surface area (Å²) >= 11 is 5.10. The van der Waals surface area contributed by atoms with E-state index in [0.29, 0.717) is 53.8 Å². The third-order valence-corrected chi connectivity index (χ3v) is 13.6. The molecule has 10 nitrogen and oxygen atoms in total.